The van der Waals surface area contributed by atoms with Crippen LogP contribution in [0, 0.1) is 5.82 Å². The van der Waals surface area contributed by atoms with E-state index in [4.69, 9.17) is 4.74 Å². The van der Waals surface area contributed by atoms with Crippen molar-refractivity contribution in [3.05, 3.63) is 60.2 Å². The predicted molar refractivity (Wildman–Crippen MR) is 123 cm³/mol. The Morgan fingerprint density at radius 2 is 1.74 bits per heavy atom. The average molecular weight is 463 g/mol. The van der Waals surface area contributed by atoms with Gasteiger partial charge in [0, 0.05) is 26.2 Å². The number of para-hydroxylation sites is 2. The number of benzene rings is 2. The average Bonchev–Trinajstić information content (AvgIpc) is 3.32. The van der Waals surface area contributed by atoms with E-state index in [9.17, 15) is 9.18 Å². The first kappa shape index (κ1) is 21.6. The van der Waals surface area contributed by atoms with Gasteiger partial charge in [-0.25, -0.2) is 19.2 Å². The van der Waals surface area contributed by atoms with Crippen LogP contribution in [0.5, 0.6) is 5.75 Å². The van der Waals surface area contributed by atoms with E-state index in [1.807, 2.05) is 24.3 Å². The first-order valence-corrected chi connectivity index (χ1v) is 10.7. The number of halogens is 1. The molecule has 0 amide bonds. The van der Waals surface area contributed by atoms with Crippen molar-refractivity contribution in [3.63, 3.8) is 0 Å². The highest BCUT2D eigenvalue weighted by atomic mass is 19.1. The summed E-state index contributed by atoms with van der Waals surface area (Å²) >= 11 is 0. The van der Waals surface area contributed by atoms with E-state index >= 15 is 0 Å². The minimum Gasteiger partial charge on any atom is -0.495 e. The highest BCUT2D eigenvalue weighted by molar-refractivity contribution is 5.90. The van der Waals surface area contributed by atoms with Gasteiger partial charge in [-0.3, -0.25) is 0 Å². The van der Waals surface area contributed by atoms with Gasteiger partial charge in [0.15, 0.2) is 17.0 Å². The smallest absolute Gasteiger partial charge is 0.337 e. The molecule has 4 aromatic rings. The molecule has 3 heterocycles. The second kappa shape index (κ2) is 8.93. The van der Waals surface area contributed by atoms with Crippen molar-refractivity contribution >= 4 is 28.6 Å². The third-order valence-electron chi connectivity index (χ3n) is 5.82. The molecule has 0 radical (unpaired) electrons. The lowest BCUT2D eigenvalue weighted by Crippen LogP contribution is -2.47. The third kappa shape index (κ3) is 3.74. The fraction of sp³-hybridized carbons (Fsp3) is 0.261. The standard InChI is InChI=1S/C23H22FN7O3/c1-33-19-6-4-3-5-18(19)29-9-11-30(12-10-29)21-20-22(26-14-25-21)31(28-27-20)17-8-7-15(13-16(17)24)23(32)34-2/h3-8,13-14H,9-12H2,1-2H3. The number of hydrogen-bond donors (Lipinski definition) is 0. The molecule has 2 aromatic heterocycles. The summed E-state index contributed by atoms with van der Waals surface area (Å²) in [7, 11) is 2.91. The molecule has 1 aliphatic rings. The van der Waals surface area contributed by atoms with Gasteiger partial charge in [-0.2, -0.15) is 4.68 Å². The number of aromatic nitrogens is 5. The Labute approximate surface area is 194 Å². The summed E-state index contributed by atoms with van der Waals surface area (Å²) in [6, 6.07) is 12.0. The molecule has 0 spiro atoms. The Morgan fingerprint density at radius 1 is 0.971 bits per heavy atom. The van der Waals surface area contributed by atoms with E-state index in [0.29, 0.717) is 30.1 Å². The number of piperazine rings is 1. The number of hydrogen-bond acceptors (Lipinski definition) is 9. The minimum atomic E-state index is -0.639. The lowest BCUT2D eigenvalue weighted by Gasteiger charge is -2.37. The second-order valence-corrected chi connectivity index (χ2v) is 7.67. The van der Waals surface area contributed by atoms with E-state index in [1.165, 1.54) is 30.3 Å². The SMILES string of the molecule is COC(=O)c1ccc(-n2nnc3c(N4CCN(c5ccccc5OC)CC4)ncnc32)c(F)c1. The zero-order chi connectivity index (χ0) is 23.7. The van der Waals surface area contributed by atoms with E-state index in [0.717, 1.165) is 30.6 Å². The fourth-order valence-corrected chi connectivity index (χ4v) is 4.10. The molecule has 0 saturated carbocycles. The number of fused-ring (bicyclic) bond motifs is 1. The molecule has 5 rings (SSSR count). The summed E-state index contributed by atoms with van der Waals surface area (Å²) in [4.78, 5) is 24.8. The molecule has 10 nitrogen and oxygen atoms in total. The van der Waals surface area contributed by atoms with Crippen molar-refractivity contribution in [2.45, 2.75) is 0 Å². The van der Waals surface area contributed by atoms with Gasteiger partial charge in [0.2, 0.25) is 0 Å². The lowest BCUT2D eigenvalue weighted by atomic mass is 10.2. The summed E-state index contributed by atoms with van der Waals surface area (Å²) in [5.41, 5.74) is 2.14. The molecule has 1 saturated heterocycles. The van der Waals surface area contributed by atoms with Gasteiger partial charge in [-0.1, -0.05) is 17.3 Å². The van der Waals surface area contributed by atoms with Gasteiger partial charge in [0.25, 0.3) is 0 Å². The maximum Gasteiger partial charge on any atom is 0.337 e. The van der Waals surface area contributed by atoms with E-state index < -0.39 is 11.8 Å². The Balaban J connectivity index is 1.41. The number of carbonyl (C=O) groups is 1. The van der Waals surface area contributed by atoms with Crippen molar-refractivity contribution in [1.82, 2.24) is 25.0 Å². The number of anilines is 2. The highest BCUT2D eigenvalue weighted by Gasteiger charge is 2.24. The normalized spacial score (nSPS) is 13.9. The molecule has 0 bridgehead atoms. The molecule has 11 heteroatoms. The maximum absolute atomic E-state index is 14.8. The zero-order valence-electron chi connectivity index (χ0n) is 18.7. The molecule has 0 aliphatic carbocycles. The Hall–Kier alpha value is -4.28. The summed E-state index contributed by atoms with van der Waals surface area (Å²) in [6.45, 7) is 2.95. The number of rotatable bonds is 5. The van der Waals surface area contributed by atoms with E-state index in [-0.39, 0.29) is 11.3 Å². The van der Waals surface area contributed by atoms with Gasteiger partial charge in [0.1, 0.15) is 23.6 Å². The molecule has 2 aromatic carbocycles. The summed E-state index contributed by atoms with van der Waals surface area (Å²) in [5.74, 6) is 0.220. The van der Waals surface area contributed by atoms with Crippen LogP contribution in [0.15, 0.2) is 48.8 Å². The van der Waals surface area contributed by atoms with Crippen molar-refractivity contribution in [1.29, 1.82) is 0 Å². The Morgan fingerprint density at radius 3 is 2.47 bits per heavy atom. The van der Waals surface area contributed by atoms with Crippen LogP contribution in [0.4, 0.5) is 15.9 Å². The summed E-state index contributed by atoms with van der Waals surface area (Å²) in [5, 5.41) is 8.36. The molecule has 1 fully saturated rings. The quantitative estimate of drug-likeness (QED) is 0.413. The van der Waals surface area contributed by atoms with Crippen LogP contribution in [0.1, 0.15) is 10.4 Å². The first-order valence-electron chi connectivity index (χ1n) is 10.7. The monoisotopic (exact) mass is 463 g/mol. The van der Waals surface area contributed by atoms with Gasteiger partial charge >= 0.3 is 5.97 Å². The van der Waals surface area contributed by atoms with Crippen LogP contribution < -0.4 is 14.5 Å². The van der Waals surface area contributed by atoms with Crippen LogP contribution in [0.25, 0.3) is 16.9 Å². The Bertz CT molecular complexity index is 1350. The molecule has 0 N–H and O–H groups in total. The fourth-order valence-electron chi connectivity index (χ4n) is 4.10. The van der Waals surface area contributed by atoms with Crippen molar-refractivity contribution in [3.8, 4) is 11.4 Å². The van der Waals surface area contributed by atoms with Gasteiger partial charge in [-0.15, -0.1) is 5.10 Å². The van der Waals surface area contributed by atoms with E-state index in [1.54, 1.807) is 7.11 Å². The van der Waals surface area contributed by atoms with Crippen LogP contribution in [-0.4, -0.2) is 71.3 Å². The van der Waals surface area contributed by atoms with Crippen molar-refractivity contribution < 1.29 is 18.7 Å². The first-order chi connectivity index (χ1) is 16.6. The Kier molecular flexibility index (Phi) is 5.66. The van der Waals surface area contributed by atoms with Gasteiger partial charge in [0.05, 0.1) is 25.5 Å². The van der Waals surface area contributed by atoms with Crippen LogP contribution in [0.3, 0.4) is 0 Å². The second-order valence-electron chi connectivity index (χ2n) is 7.67. The number of nitrogens with zero attached hydrogens (tertiary/aromatic N) is 7. The molecule has 34 heavy (non-hydrogen) atoms. The minimum absolute atomic E-state index is 0.108. The van der Waals surface area contributed by atoms with Gasteiger partial charge < -0.3 is 19.3 Å². The van der Waals surface area contributed by atoms with Crippen LogP contribution in [-0.2, 0) is 4.74 Å². The van der Waals surface area contributed by atoms with Crippen molar-refractivity contribution in [2.24, 2.45) is 0 Å². The van der Waals surface area contributed by atoms with Gasteiger partial charge in [-0.05, 0) is 30.3 Å². The maximum atomic E-state index is 14.8. The number of ether oxygens (including phenoxy) is 2. The van der Waals surface area contributed by atoms with Crippen LogP contribution in [0.2, 0.25) is 0 Å². The van der Waals surface area contributed by atoms with Crippen LogP contribution >= 0.6 is 0 Å². The van der Waals surface area contributed by atoms with Crippen molar-refractivity contribution in [2.75, 3.05) is 50.2 Å². The molecule has 0 atom stereocenters. The number of esters is 1. The molecule has 174 valence electrons. The molecular weight excluding hydrogens is 441 g/mol. The number of methoxy groups -OCH3 is 2. The summed E-state index contributed by atoms with van der Waals surface area (Å²) < 4.78 is 26.2. The van der Waals surface area contributed by atoms with E-state index in [2.05, 4.69) is 34.8 Å². The summed E-state index contributed by atoms with van der Waals surface area (Å²) in [6.07, 6.45) is 1.42. The highest BCUT2D eigenvalue weighted by Crippen LogP contribution is 2.30. The topological polar surface area (TPSA) is 98.5 Å². The number of carbonyl (C=O) groups excluding carboxylic acids is 1. The predicted octanol–water partition coefficient (Wildman–Crippen LogP) is 2.47. The zero-order valence-corrected chi connectivity index (χ0v) is 18.7. The molecular formula is C23H22FN7O3. The molecule has 1 aliphatic heterocycles. The largest absolute Gasteiger partial charge is 0.495 e. The third-order valence-corrected chi connectivity index (χ3v) is 5.82. The molecule has 0 unspecified atom stereocenters. The lowest BCUT2D eigenvalue weighted by molar-refractivity contribution is 0.0600.